The molecule has 5 heterocycles. The van der Waals surface area contributed by atoms with Gasteiger partial charge in [0, 0.05) is 44.0 Å². The monoisotopic (exact) mass is 481 g/mol. The molecule has 2 aromatic heterocycles. The van der Waals surface area contributed by atoms with Crippen molar-refractivity contribution in [1.29, 1.82) is 0 Å². The second-order valence-electron chi connectivity index (χ2n) is 9.35. The fourth-order valence-corrected chi connectivity index (χ4v) is 4.71. The van der Waals surface area contributed by atoms with E-state index in [1.165, 1.54) is 0 Å². The molecule has 9 nitrogen and oxygen atoms in total. The topological polar surface area (TPSA) is 91.0 Å². The second-order valence-corrected chi connectivity index (χ2v) is 9.35. The quantitative estimate of drug-likeness (QED) is 0.379. The van der Waals surface area contributed by atoms with E-state index < -0.39 is 0 Å². The summed E-state index contributed by atoms with van der Waals surface area (Å²) in [4.78, 5) is 24.4. The number of anilines is 1. The molecule has 0 radical (unpaired) electrons. The van der Waals surface area contributed by atoms with E-state index in [4.69, 9.17) is 9.84 Å². The lowest BCUT2D eigenvalue weighted by Crippen LogP contribution is -2.29. The van der Waals surface area contributed by atoms with Crippen molar-refractivity contribution in [2.24, 2.45) is 0 Å². The highest BCUT2D eigenvalue weighted by Crippen LogP contribution is 2.27. The molecule has 0 aliphatic carbocycles. The summed E-state index contributed by atoms with van der Waals surface area (Å²) in [6.07, 6.45) is 5.42. The van der Waals surface area contributed by atoms with Gasteiger partial charge in [0.15, 0.2) is 11.3 Å². The SMILES string of the molecule is CN(C)c1ccc(-c2ccc(Cn3nc4c(=O)n(C5CCCOC5)nc-4c4cccnc43)cc2)cn1. The van der Waals surface area contributed by atoms with Crippen LogP contribution in [-0.4, -0.2) is 56.8 Å². The molecule has 3 aliphatic heterocycles. The second kappa shape index (κ2) is 9.16. The molecule has 0 spiro atoms. The molecular weight excluding hydrogens is 454 g/mol. The van der Waals surface area contributed by atoms with E-state index in [0.29, 0.717) is 30.2 Å². The first kappa shape index (κ1) is 22.4. The largest absolute Gasteiger partial charge is 0.379 e. The van der Waals surface area contributed by atoms with Gasteiger partial charge in [-0.1, -0.05) is 24.3 Å². The zero-order chi connectivity index (χ0) is 24.6. The summed E-state index contributed by atoms with van der Waals surface area (Å²) >= 11 is 0. The van der Waals surface area contributed by atoms with Gasteiger partial charge in [0.2, 0.25) is 0 Å². The molecular formula is C27H27N7O2. The van der Waals surface area contributed by atoms with Gasteiger partial charge < -0.3 is 9.64 Å². The van der Waals surface area contributed by atoms with E-state index in [9.17, 15) is 4.79 Å². The molecule has 182 valence electrons. The Morgan fingerprint density at radius 1 is 1.00 bits per heavy atom. The van der Waals surface area contributed by atoms with Crippen LogP contribution in [0.3, 0.4) is 0 Å². The first-order valence-electron chi connectivity index (χ1n) is 12.1. The van der Waals surface area contributed by atoms with Crippen molar-refractivity contribution in [3.63, 3.8) is 0 Å². The van der Waals surface area contributed by atoms with Crippen LogP contribution in [0.2, 0.25) is 0 Å². The molecule has 36 heavy (non-hydrogen) atoms. The van der Waals surface area contributed by atoms with Gasteiger partial charge in [-0.2, -0.15) is 10.2 Å². The predicted octanol–water partition coefficient (Wildman–Crippen LogP) is 3.62. The minimum Gasteiger partial charge on any atom is -0.379 e. The van der Waals surface area contributed by atoms with Crippen molar-refractivity contribution >= 4 is 16.9 Å². The Bertz CT molecular complexity index is 1530. The van der Waals surface area contributed by atoms with Gasteiger partial charge in [-0.05, 0) is 48.2 Å². The summed E-state index contributed by atoms with van der Waals surface area (Å²) in [7, 11) is 3.95. The van der Waals surface area contributed by atoms with Crippen LogP contribution in [0, 0.1) is 0 Å². The highest BCUT2D eigenvalue weighted by molar-refractivity contribution is 5.89. The highest BCUT2D eigenvalue weighted by atomic mass is 16.5. The molecule has 1 unspecified atom stereocenters. The summed E-state index contributed by atoms with van der Waals surface area (Å²) in [6, 6.07) is 16.1. The first-order valence-corrected chi connectivity index (χ1v) is 12.1. The highest BCUT2D eigenvalue weighted by Gasteiger charge is 2.27. The molecule has 1 fully saturated rings. The van der Waals surface area contributed by atoms with Gasteiger partial charge in [0.1, 0.15) is 11.5 Å². The van der Waals surface area contributed by atoms with Gasteiger partial charge >= 0.3 is 0 Å². The van der Waals surface area contributed by atoms with E-state index >= 15 is 0 Å². The Morgan fingerprint density at radius 3 is 2.56 bits per heavy atom. The molecule has 3 aliphatic rings. The maximum atomic E-state index is 13.3. The first-order chi connectivity index (χ1) is 17.6. The lowest BCUT2D eigenvalue weighted by molar-refractivity contribution is 0.0540. The molecule has 6 rings (SSSR count). The minimum absolute atomic E-state index is 0.0607. The van der Waals surface area contributed by atoms with E-state index in [2.05, 4.69) is 45.4 Å². The van der Waals surface area contributed by atoms with E-state index in [-0.39, 0.29) is 11.6 Å². The normalized spacial score (nSPS) is 16.0. The van der Waals surface area contributed by atoms with E-state index in [0.717, 1.165) is 47.3 Å². The van der Waals surface area contributed by atoms with Gasteiger partial charge in [0.25, 0.3) is 5.56 Å². The number of ether oxygens (including phenoxy) is 1. The third kappa shape index (κ3) is 4.01. The lowest BCUT2D eigenvalue weighted by Gasteiger charge is -2.21. The predicted molar refractivity (Wildman–Crippen MR) is 138 cm³/mol. The van der Waals surface area contributed by atoms with E-state index in [1.807, 2.05) is 43.4 Å². The number of rotatable bonds is 5. The van der Waals surface area contributed by atoms with Gasteiger partial charge in [-0.15, -0.1) is 0 Å². The van der Waals surface area contributed by atoms with Crippen molar-refractivity contribution in [3.8, 4) is 22.5 Å². The summed E-state index contributed by atoms with van der Waals surface area (Å²) in [5.74, 6) is 0.921. The number of pyridine rings is 2. The van der Waals surface area contributed by atoms with Gasteiger partial charge in [-0.3, -0.25) is 4.79 Å². The van der Waals surface area contributed by atoms with Crippen molar-refractivity contribution in [1.82, 2.24) is 29.5 Å². The van der Waals surface area contributed by atoms with Crippen molar-refractivity contribution in [2.75, 3.05) is 32.2 Å². The van der Waals surface area contributed by atoms with Gasteiger partial charge in [-0.25, -0.2) is 19.3 Å². The average molecular weight is 482 g/mol. The molecule has 1 atom stereocenters. The molecule has 1 aromatic carbocycles. The standard InChI is InChI=1S/C27H27N7O2/c1-32(2)23-12-11-20(15-29-23)19-9-7-18(8-10-19)16-33-26-22(6-3-13-28-26)24-25(30-33)27(35)34(31-24)21-5-4-14-36-17-21/h3,6-13,15,21H,4-5,14,16-17H2,1-2H3. The number of hydrogen-bond acceptors (Lipinski definition) is 7. The van der Waals surface area contributed by atoms with E-state index in [1.54, 1.807) is 15.6 Å². The summed E-state index contributed by atoms with van der Waals surface area (Å²) < 4.78 is 8.94. The van der Waals surface area contributed by atoms with Crippen molar-refractivity contribution in [3.05, 3.63) is 76.8 Å². The van der Waals surface area contributed by atoms with Crippen molar-refractivity contribution in [2.45, 2.75) is 25.4 Å². The molecule has 0 amide bonds. The van der Waals surface area contributed by atoms with Crippen LogP contribution in [0.15, 0.2) is 65.7 Å². The Hall–Kier alpha value is -4.11. The van der Waals surface area contributed by atoms with Crippen LogP contribution in [0.25, 0.3) is 33.5 Å². The molecule has 3 aromatic rings. The van der Waals surface area contributed by atoms with Crippen LogP contribution in [0.4, 0.5) is 5.82 Å². The average Bonchev–Trinajstić information content (AvgIpc) is 3.26. The zero-order valence-corrected chi connectivity index (χ0v) is 20.3. The molecule has 1 saturated heterocycles. The fraction of sp³-hybridized carbons (Fsp3) is 0.296. The number of fused-ring (bicyclic) bond motifs is 3. The smallest absolute Gasteiger partial charge is 0.297 e. The minimum atomic E-state index is -0.177. The van der Waals surface area contributed by atoms with Crippen LogP contribution >= 0.6 is 0 Å². The maximum Gasteiger partial charge on any atom is 0.297 e. The Morgan fingerprint density at radius 2 is 1.83 bits per heavy atom. The zero-order valence-electron chi connectivity index (χ0n) is 20.3. The summed E-state index contributed by atoms with van der Waals surface area (Å²) in [5, 5.41) is 10.2. The van der Waals surface area contributed by atoms with Crippen LogP contribution in [-0.2, 0) is 11.3 Å². The molecule has 0 saturated carbocycles. The number of benzene rings is 1. The maximum absolute atomic E-state index is 13.3. The summed E-state index contributed by atoms with van der Waals surface area (Å²) in [6.45, 7) is 1.71. The van der Waals surface area contributed by atoms with Gasteiger partial charge in [0.05, 0.1) is 19.2 Å². The summed E-state index contributed by atoms with van der Waals surface area (Å²) in [5.41, 5.74) is 4.68. The third-order valence-corrected chi connectivity index (χ3v) is 6.66. The van der Waals surface area contributed by atoms with Crippen LogP contribution < -0.4 is 10.5 Å². The Kier molecular flexibility index (Phi) is 5.69. The third-order valence-electron chi connectivity index (χ3n) is 6.66. The van der Waals surface area contributed by atoms with Crippen LogP contribution in [0.5, 0.6) is 0 Å². The fourth-order valence-electron chi connectivity index (χ4n) is 4.71. The number of nitrogens with zero attached hydrogens (tertiary/aromatic N) is 7. The number of hydrogen-bond donors (Lipinski definition) is 0. The Labute approximate surface area is 208 Å². The molecule has 0 bridgehead atoms. The molecule has 0 N–H and O–H groups in total. The lowest BCUT2D eigenvalue weighted by atomic mass is 10.1. The Balaban J connectivity index is 1.35. The van der Waals surface area contributed by atoms with Crippen LogP contribution in [0.1, 0.15) is 24.4 Å². The number of aromatic nitrogens is 6. The molecule has 9 heteroatoms. The van der Waals surface area contributed by atoms with Crippen molar-refractivity contribution < 1.29 is 4.74 Å².